The van der Waals surface area contributed by atoms with Crippen molar-refractivity contribution in [2.45, 2.75) is 13.3 Å². The van der Waals surface area contributed by atoms with Gasteiger partial charge in [0, 0.05) is 17.0 Å². The molecule has 0 aliphatic rings. The lowest BCUT2D eigenvalue weighted by atomic mass is 10.1. The minimum absolute atomic E-state index is 0.180. The molecule has 0 aliphatic carbocycles. The Labute approximate surface area is 76.2 Å². The van der Waals surface area contributed by atoms with E-state index < -0.39 is 0 Å². The normalized spacial score (nSPS) is 10.6. The quantitative estimate of drug-likeness (QED) is 0.649. The number of benzene rings is 1. The zero-order valence-electron chi connectivity index (χ0n) is 7.42. The van der Waals surface area contributed by atoms with Crippen LogP contribution in [0.25, 0.3) is 10.8 Å². The highest BCUT2D eigenvalue weighted by atomic mass is 19.1. The van der Waals surface area contributed by atoms with Gasteiger partial charge in [0.25, 0.3) is 0 Å². The summed E-state index contributed by atoms with van der Waals surface area (Å²) in [7, 11) is 0. The molecule has 0 fully saturated rings. The van der Waals surface area contributed by atoms with Crippen LogP contribution in [0.5, 0.6) is 0 Å². The first-order valence-corrected chi connectivity index (χ1v) is 4.35. The van der Waals surface area contributed by atoms with Gasteiger partial charge >= 0.3 is 0 Å². The third-order valence-corrected chi connectivity index (χ3v) is 2.14. The van der Waals surface area contributed by atoms with E-state index in [0.717, 1.165) is 5.39 Å². The number of aryl methyl sites for hydroxylation is 1. The standard InChI is InChI=1S/C11H10FN/c1-2-10-11(12)9-6-4-3-5-8(9)7-13-10/h3-7H,2H2,1H3. The molecule has 0 atom stereocenters. The Hall–Kier alpha value is -1.44. The van der Waals surface area contributed by atoms with Gasteiger partial charge in [-0.2, -0.15) is 0 Å². The monoisotopic (exact) mass is 175 g/mol. The molecular weight excluding hydrogens is 165 g/mol. The predicted molar refractivity (Wildman–Crippen MR) is 51.1 cm³/mol. The van der Waals surface area contributed by atoms with Crippen molar-refractivity contribution in [2.24, 2.45) is 0 Å². The van der Waals surface area contributed by atoms with Gasteiger partial charge in [-0.3, -0.25) is 4.98 Å². The number of rotatable bonds is 1. The summed E-state index contributed by atoms with van der Waals surface area (Å²) in [6.07, 6.45) is 2.36. The fraction of sp³-hybridized carbons (Fsp3) is 0.182. The van der Waals surface area contributed by atoms with Crippen molar-refractivity contribution in [3.63, 3.8) is 0 Å². The summed E-state index contributed by atoms with van der Waals surface area (Å²) in [6, 6.07) is 7.37. The minimum Gasteiger partial charge on any atom is -0.258 e. The Balaban J connectivity index is 2.79. The number of hydrogen-bond donors (Lipinski definition) is 0. The van der Waals surface area contributed by atoms with Crippen molar-refractivity contribution in [3.05, 3.63) is 42.0 Å². The molecule has 2 rings (SSSR count). The van der Waals surface area contributed by atoms with Crippen LogP contribution in [-0.2, 0) is 6.42 Å². The average molecular weight is 175 g/mol. The minimum atomic E-state index is -0.180. The zero-order valence-corrected chi connectivity index (χ0v) is 7.42. The topological polar surface area (TPSA) is 12.9 Å². The number of nitrogens with zero attached hydrogens (tertiary/aromatic N) is 1. The summed E-state index contributed by atoms with van der Waals surface area (Å²) >= 11 is 0. The van der Waals surface area contributed by atoms with E-state index in [9.17, 15) is 4.39 Å². The molecule has 0 saturated carbocycles. The van der Waals surface area contributed by atoms with Crippen molar-refractivity contribution in [1.82, 2.24) is 4.98 Å². The van der Waals surface area contributed by atoms with Crippen molar-refractivity contribution < 1.29 is 4.39 Å². The van der Waals surface area contributed by atoms with Crippen LogP contribution in [0.4, 0.5) is 4.39 Å². The molecule has 0 N–H and O–H groups in total. The maximum atomic E-state index is 13.6. The molecule has 1 nitrogen and oxygen atoms in total. The van der Waals surface area contributed by atoms with Crippen LogP contribution in [0.3, 0.4) is 0 Å². The summed E-state index contributed by atoms with van der Waals surface area (Å²) in [4.78, 5) is 4.05. The van der Waals surface area contributed by atoms with Gasteiger partial charge in [-0.25, -0.2) is 4.39 Å². The molecule has 1 aromatic heterocycles. The average Bonchev–Trinajstić information content (AvgIpc) is 2.19. The van der Waals surface area contributed by atoms with Gasteiger partial charge < -0.3 is 0 Å². The molecular formula is C11H10FN. The second-order valence-electron chi connectivity index (χ2n) is 2.96. The molecule has 0 spiro atoms. The first kappa shape index (κ1) is 8.17. The second-order valence-corrected chi connectivity index (χ2v) is 2.96. The fourth-order valence-electron chi connectivity index (χ4n) is 1.42. The van der Waals surface area contributed by atoms with Crippen molar-refractivity contribution in [2.75, 3.05) is 0 Å². The SMILES string of the molecule is CCc1ncc2ccccc2c1F. The van der Waals surface area contributed by atoms with Crippen molar-refractivity contribution in [1.29, 1.82) is 0 Å². The predicted octanol–water partition coefficient (Wildman–Crippen LogP) is 2.94. The summed E-state index contributed by atoms with van der Waals surface area (Å²) in [5.41, 5.74) is 0.540. The van der Waals surface area contributed by atoms with E-state index in [1.807, 2.05) is 25.1 Å². The van der Waals surface area contributed by atoms with Gasteiger partial charge in [0.15, 0.2) is 5.82 Å². The van der Waals surface area contributed by atoms with Gasteiger partial charge in [0.05, 0.1) is 5.69 Å². The molecule has 0 bridgehead atoms. The molecule has 0 saturated heterocycles. The third kappa shape index (κ3) is 1.28. The van der Waals surface area contributed by atoms with Crippen LogP contribution in [0.15, 0.2) is 30.5 Å². The van der Waals surface area contributed by atoms with Gasteiger partial charge in [-0.05, 0) is 6.42 Å². The van der Waals surface area contributed by atoms with Crippen LogP contribution >= 0.6 is 0 Å². The second kappa shape index (κ2) is 3.13. The molecule has 13 heavy (non-hydrogen) atoms. The Morgan fingerprint density at radius 1 is 1.31 bits per heavy atom. The molecule has 2 heteroatoms. The fourth-order valence-corrected chi connectivity index (χ4v) is 1.42. The lowest BCUT2D eigenvalue weighted by molar-refractivity contribution is 0.614. The Bertz CT molecular complexity index is 437. The molecule has 0 amide bonds. The summed E-state index contributed by atoms with van der Waals surface area (Å²) < 4.78 is 13.6. The van der Waals surface area contributed by atoms with E-state index in [4.69, 9.17) is 0 Å². The van der Waals surface area contributed by atoms with E-state index in [2.05, 4.69) is 4.98 Å². The van der Waals surface area contributed by atoms with E-state index in [0.29, 0.717) is 17.5 Å². The Morgan fingerprint density at radius 2 is 2.08 bits per heavy atom. The number of hydrogen-bond acceptors (Lipinski definition) is 1. The van der Waals surface area contributed by atoms with Crippen molar-refractivity contribution in [3.8, 4) is 0 Å². The summed E-state index contributed by atoms with van der Waals surface area (Å²) in [5.74, 6) is -0.180. The lowest BCUT2D eigenvalue weighted by Crippen LogP contribution is -1.93. The van der Waals surface area contributed by atoms with E-state index >= 15 is 0 Å². The molecule has 1 heterocycles. The molecule has 66 valence electrons. The molecule has 0 aliphatic heterocycles. The highest BCUT2D eigenvalue weighted by Gasteiger charge is 2.05. The van der Waals surface area contributed by atoms with Crippen LogP contribution in [0, 0.1) is 5.82 Å². The number of halogens is 1. The van der Waals surface area contributed by atoms with E-state index in [-0.39, 0.29) is 5.82 Å². The lowest BCUT2D eigenvalue weighted by Gasteiger charge is -2.02. The highest BCUT2D eigenvalue weighted by molar-refractivity contribution is 5.82. The number of fused-ring (bicyclic) bond motifs is 1. The van der Waals surface area contributed by atoms with E-state index in [1.54, 1.807) is 12.3 Å². The van der Waals surface area contributed by atoms with Gasteiger partial charge in [0.2, 0.25) is 0 Å². The van der Waals surface area contributed by atoms with Crippen LogP contribution in [0.2, 0.25) is 0 Å². The Kier molecular flexibility index (Phi) is 1.97. The molecule has 1 aromatic carbocycles. The smallest absolute Gasteiger partial charge is 0.152 e. The molecule has 2 aromatic rings. The molecule has 0 radical (unpaired) electrons. The summed E-state index contributed by atoms with van der Waals surface area (Å²) in [6.45, 7) is 1.90. The van der Waals surface area contributed by atoms with Crippen molar-refractivity contribution >= 4 is 10.8 Å². The maximum Gasteiger partial charge on any atom is 0.152 e. The highest BCUT2D eigenvalue weighted by Crippen LogP contribution is 2.18. The number of pyridine rings is 1. The summed E-state index contributed by atoms with van der Waals surface area (Å²) in [5, 5.41) is 1.52. The number of aromatic nitrogens is 1. The Morgan fingerprint density at radius 3 is 2.85 bits per heavy atom. The largest absolute Gasteiger partial charge is 0.258 e. The van der Waals surface area contributed by atoms with Crippen LogP contribution < -0.4 is 0 Å². The third-order valence-electron chi connectivity index (χ3n) is 2.14. The maximum absolute atomic E-state index is 13.6. The van der Waals surface area contributed by atoms with Gasteiger partial charge in [-0.1, -0.05) is 31.2 Å². The molecule has 0 unspecified atom stereocenters. The van der Waals surface area contributed by atoms with Crippen LogP contribution in [0.1, 0.15) is 12.6 Å². The first-order valence-electron chi connectivity index (χ1n) is 4.35. The first-order chi connectivity index (χ1) is 6.33. The van der Waals surface area contributed by atoms with Gasteiger partial charge in [0.1, 0.15) is 0 Å². The zero-order chi connectivity index (χ0) is 9.26. The van der Waals surface area contributed by atoms with Crippen LogP contribution in [-0.4, -0.2) is 4.98 Å². The van der Waals surface area contributed by atoms with E-state index in [1.165, 1.54) is 0 Å². The van der Waals surface area contributed by atoms with Gasteiger partial charge in [-0.15, -0.1) is 0 Å².